The molecule has 6 heteroatoms. The molecule has 0 bridgehead atoms. The van der Waals surface area contributed by atoms with Crippen LogP contribution < -0.4 is 14.2 Å². The second-order valence-electron chi connectivity index (χ2n) is 4.47. The van der Waals surface area contributed by atoms with Crippen LogP contribution in [0.1, 0.15) is 18.9 Å². The smallest absolute Gasteiger partial charge is 0.164 e. The van der Waals surface area contributed by atoms with E-state index in [4.69, 9.17) is 30.6 Å². The zero-order chi connectivity index (χ0) is 14.7. The number of hydrogen-bond acceptors (Lipinski definition) is 5. The highest BCUT2D eigenvalue weighted by molar-refractivity contribution is 6.21. The van der Waals surface area contributed by atoms with Gasteiger partial charge in [-0.3, -0.25) is 0 Å². The fraction of sp³-hybridized carbons (Fsp3) is 0.500. The van der Waals surface area contributed by atoms with Crippen molar-refractivity contribution in [3.05, 3.63) is 17.7 Å². The van der Waals surface area contributed by atoms with Crippen molar-refractivity contribution < 1.29 is 19.0 Å². The minimum absolute atomic E-state index is 0.109. The maximum absolute atomic E-state index is 6.04. The molecule has 2 atom stereocenters. The summed E-state index contributed by atoms with van der Waals surface area (Å²) in [5.41, 5.74) is 1.62. The number of nitrogens with zero attached hydrogens (tertiary/aromatic N) is 1. The van der Waals surface area contributed by atoms with Gasteiger partial charge in [-0.2, -0.15) is 0 Å². The fourth-order valence-corrected chi connectivity index (χ4v) is 2.19. The van der Waals surface area contributed by atoms with Crippen LogP contribution >= 0.6 is 11.6 Å². The molecule has 1 aliphatic rings. The molecule has 0 N–H and O–H groups in total. The Labute approximate surface area is 123 Å². The van der Waals surface area contributed by atoms with Crippen LogP contribution in [0.2, 0.25) is 0 Å². The quantitative estimate of drug-likeness (QED) is 0.785. The molecule has 0 amide bonds. The molecule has 0 aliphatic carbocycles. The molecule has 0 spiro atoms. The first kappa shape index (κ1) is 14.8. The third-order valence-corrected chi connectivity index (χ3v) is 3.50. The molecule has 1 aromatic carbocycles. The first-order chi connectivity index (χ1) is 9.60. The minimum atomic E-state index is -0.121. The van der Waals surface area contributed by atoms with Crippen molar-refractivity contribution in [2.24, 2.45) is 5.16 Å². The second kappa shape index (κ2) is 6.22. The Morgan fingerprint density at radius 2 is 1.75 bits per heavy atom. The summed E-state index contributed by atoms with van der Waals surface area (Å²) in [4.78, 5) is 5.34. The normalized spacial score (nSPS) is 19.1. The molecule has 2 rings (SSSR count). The van der Waals surface area contributed by atoms with E-state index >= 15 is 0 Å². The van der Waals surface area contributed by atoms with Gasteiger partial charge in [0, 0.05) is 18.1 Å². The van der Waals surface area contributed by atoms with Crippen LogP contribution in [0.3, 0.4) is 0 Å². The predicted molar refractivity (Wildman–Crippen MR) is 77.4 cm³/mol. The average molecular weight is 300 g/mol. The van der Waals surface area contributed by atoms with E-state index in [0.717, 1.165) is 11.3 Å². The molecule has 0 radical (unpaired) electrons. The number of methoxy groups -OCH3 is 3. The summed E-state index contributed by atoms with van der Waals surface area (Å²) in [6, 6.07) is 3.61. The van der Waals surface area contributed by atoms with Crippen LogP contribution in [-0.2, 0) is 4.84 Å². The molecular formula is C14H18ClNO4. The summed E-state index contributed by atoms with van der Waals surface area (Å²) in [7, 11) is 4.77. The molecule has 5 nitrogen and oxygen atoms in total. The van der Waals surface area contributed by atoms with Crippen LogP contribution in [-0.4, -0.2) is 38.5 Å². The van der Waals surface area contributed by atoms with E-state index in [9.17, 15) is 0 Å². The number of ether oxygens (including phenoxy) is 3. The highest BCUT2D eigenvalue weighted by Crippen LogP contribution is 2.36. The van der Waals surface area contributed by atoms with Gasteiger partial charge in [0.05, 0.1) is 32.4 Å². The summed E-state index contributed by atoms with van der Waals surface area (Å²) < 4.78 is 16.0. The van der Waals surface area contributed by atoms with Gasteiger partial charge in [-0.25, -0.2) is 0 Å². The molecule has 0 saturated carbocycles. The molecule has 1 heterocycles. The van der Waals surface area contributed by atoms with Gasteiger partial charge >= 0.3 is 0 Å². The lowest BCUT2D eigenvalue weighted by atomic mass is 10.0. The lowest BCUT2D eigenvalue weighted by molar-refractivity contribution is 0.0855. The second-order valence-corrected chi connectivity index (χ2v) is 5.16. The standard InChI is InChI=1S/C14H18ClNO4/c1-8(15)11-6-10(16-20-11)9-5-13(18-3)14(19-4)7-12(9)17-2/h5,7-8,11H,6H2,1-4H3. The molecule has 0 saturated heterocycles. The van der Waals surface area contributed by atoms with Crippen molar-refractivity contribution in [3.8, 4) is 17.2 Å². The molecule has 1 aliphatic heterocycles. The average Bonchev–Trinajstić information content (AvgIpc) is 2.95. The van der Waals surface area contributed by atoms with Gasteiger partial charge in [-0.05, 0) is 13.0 Å². The lowest BCUT2D eigenvalue weighted by Crippen LogP contribution is -2.18. The molecule has 2 unspecified atom stereocenters. The van der Waals surface area contributed by atoms with Gasteiger partial charge in [0.2, 0.25) is 0 Å². The van der Waals surface area contributed by atoms with Gasteiger partial charge in [0.1, 0.15) is 11.9 Å². The maximum atomic E-state index is 6.04. The third kappa shape index (κ3) is 2.77. The molecular weight excluding hydrogens is 282 g/mol. The molecule has 20 heavy (non-hydrogen) atoms. The van der Waals surface area contributed by atoms with Gasteiger partial charge in [0.25, 0.3) is 0 Å². The lowest BCUT2D eigenvalue weighted by Gasteiger charge is -2.14. The zero-order valence-corrected chi connectivity index (χ0v) is 12.7. The van der Waals surface area contributed by atoms with E-state index in [0.29, 0.717) is 23.7 Å². The van der Waals surface area contributed by atoms with Crippen LogP contribution in [0.15, 0.2) is 17.3 Å². The summed E-state index contributed by atoms with van der Waals surface area (Å²) >= 11 is 6.04. The number of hydrogen-bond donors (Lipinski definition) is 0. The SMILES string of the molecule is COc1cc(OC)c(C2=NOC(C(C)Cl)C2)cc1OC. The minimum Gasteiger partial charge on any atom is -0.496 e. The first-order valence-electron chi connectivity index (χ1n) is 6.27. The maximum Gasteiger partial charge on any atom is 0.164 e. The number of alkyl halides is 1. The summed E-state index contributed by atoms with van der Waals surface area (Å²) in [6.07, 6.45) is 0.515. The Morgan fingerprint density at radius 3 is 2.25 bits per heavy atom. The van der Waals surface area contributed by atoms with Crippen molar-refractivity contribution in [2.45, 2.75) is 24.8 Å². The molecule has 1 aromatic rings. The molecule has 110 valence electrons. The van der Waals surface area contributed by atoms with E-state index in [-0.39, 0.29) is 11.5 Å². The largest absolute Gasteiger partial charge is 0.496 e. The molecule has 0 aromatic heterocycles. The number of rotatable bonds is 5. The van der Waals surface area contributed by atoms with E-state index in [1.807, 2.05) is 13.0 Å². The topological polar surface area (TPSA) is 49.3 Å². The highest BCUT2D eigenvalue weighted by atomic mass is 35.5. The van der Waals surface area contributed by atoms with E-state index < -0.39 is 0 Å². The van der Waals surface area contributed by atoms with Crippen molar-refractivity contribution >= 4 is 17.3 Å². The zero-order valence-electron chi connectivity index (χ0n) is 12.0. The van der Waals surface area contributed by atoms with E-state index in [1.165, 1.54) is 0 Å². The number of halogens is 1. The summed E-state index contributed by atoms with van der Waals surface area (Å²) in [5.74, 6) is 1.89. The van der Waals surface area contributed by atoms with Gasteiger partial charge in [0.15, 0.2) is 11.5 Å². The van der Waals surface area contributed by atoms with Crippen LogP contribution in [0.25, 0.3) is 0 Å². The van der Waals surface area contributed by atoms with E-state index in [2.05, 4.69) is 5.16 Å². The fourth-order valence-electron chi connectivity index (χ4n) is 2.06. The summed E-state index contributed by atoms with van der Waals surface area (Å²) in [5, 5.41) is 4.00. The monoisotopic (exact) mass is 299 g/mol. The Kier molecular flexibility index (Phi) is 4.60. The Hall–Kier alpha value is -1.62. The Morgan fingerprint density at radius 1 is 1.15 bits per heavy atom. The number of oxime groups is 1. The number of benzene rings is 1. The highest BCUT2D eigenvalue weighted by Gasteiger charge is 2.28. The van der Waals surface area contributed by atoms with E-state index in [1.54, 1.807) is 27.4 Å². The van der Waals surface area contributed by atoms with Crippen molar-refractivity contribution in [3.63, 3.8) is 0 Å². The van der Waals surface area contributed by atoms with Gasteiger partial charge in [-0.15, -0.1) is 11.6 Å². The van der Waals surface area contributed by atoms with Gasteiger partial charge < -0.3 is 19.0 Å². The van der Waals surface area contributed by atoms with Gasteiger partial charge in [-0.1, -0.05) is 5.16 Å². The van der Waals surface area contributed by atoms with Crippen LogP contribution in [0.5, 0.6) is 17.2 Å². The van der Waals surface area contributed by atoms with Crippen molar-refractivity contribution in [1.29, 1.82) is 0 Å². The van der Waals surface area contributed by atoms with Crippen LogP contribution in [0, 0.1) is 0 Å². The van der Waals surface area contributed by atoms with Crippen molar-refractivity contribution in [2.75, 3.05) is 21.3 Å². The summed E-state index contributed by atoms with van der Waals surface area (Å²) in [6.45, 7) is 1.89. The third-order valence-electron chi connectivity index (χ3n) is 3.22. The Balaban J connectivity index is 2.36. The van der Waals surface area contributed by atoms with Crippen molar-refractivity contribution in [1.82, 2.24) is 0 Å². The Bertz CT molecular complexity index is 516. The predicted octanol–water partition coefficient (Wildman–Crippen LogP) is 2.83. The van der Waals surface area contributed by atoms with Crippen LogP contribution in [0.4, 0.5) is 0 Å². The first-order valence-corrected chi connectivity index (χ1v) is 6.71. The molecule has 0 fully saturated rings.